The van der Waals surface area contributed by atoms with Gasteiger partial charge in [-0.1, -0.05) is 102 Å². The topological polar surface area (TPSA) is 58.9 Å². The lowest BCUT2D eigenvalue weighted by Crippen LogP contribution is -2.66. The van der Waals surface area contributed by atoms with Crippen molar-refractivity contribution < 1.29 is 19.1 Å². The number of hydrogen-bond acceptors (Lipinski definition) is 4. The summed E-state index contributed by atoms with van der Waals surface area (Å²) in [5, 5.41) is 23.4. The Kier molecular flexibility index (Phi) is 11.6. The lowest BCUT2D eigenvalue weighted by atomic mass is 9.90. The maximum Gasteiger partial charge on any atom is 0.261 e. The highest BCUT2D eigenvalue weighted by atomic mass is 28.4. The third-order valence-electron chi connectivity index (χ3n) is 8.44. The fourth-order valence-electron chi connectivity index (χ4n) is 5.18. The summed E-state index contributed by atoms with van der Waals surface area (Å²) in [6.07, 6.45) is 3.05. The smallest absolute Gasteiger partial charge is 0.261 e. The van der Waals surface area contributed by atoms with E-state index in [1.54, 1.807) is 0 Å². The maximum absolute atomic E-state index is 11.5. The van der Waals surface area contributed by atoms with E-state index in [1.165, 1.54) is 10.4 Å². The molecule has 6 heteroatoms. The number of hydrogen-bond donors (Lipinski definition) is 2. The first-order valence-electron chi connectivity index (χ1n) is 14.3. The number of benzene rings is 2. The minimum Gasteiger partial charge on any atom is -0.409 e. The minimum atomic E-state index is -2.59. The Morgan fingerprint density at radius 1 is 0.737 bits per heavy atom. The molecular weight excluding hydrogens is 505 g/mol. The quantitative estimate of drug-likeness (QED) is 0.201. The summed E-state index contributed by atoms with van der Waals surface area (Å²) in [5.41, 5.74) is -0.643. The SMILES string of the molecule is CC(C)(C)[Si](C)(C)O[C@@](C)(CCCCO)[C@H](O)CCCO[Si](c1ccccc1)(c1ccccc1)C(C)(C)C. The summed E-state index contributed by atoms with van der Waals surface area (Å²) >= 11 is 0. The first kappa shape index (κ1) is 32.9. The van der Waals surface area contributed by atoms with Crippen molar-refractivity contribution in [1.29, 1.82) is 0 Å². The van der Waals surface area contributed by atoms with E-state index in [0.717, 1.165) is 25.7 Å². The van der Waals surface area contributed by atoms with Gasteiger partial charge in [-0.25, -0.2) is 0 Å². The number of aliphatic hydroxyl groups is 2. The zero-order chi connectivity index (χ0) is 28.7. The van der Waals surface area contributed by atoms with Crippen molar-refractivity contribution in [3.05, 3.63) is 60.7 Å². The Hall–Kier alpha value is -1.29. The highest BCUT2D eigenvalue weighted by Crippen LogP contribution is 2.42. The number of unbranched alkanes of at least 4 members (excludes halogenated alkanes) is 1. The second-order valence-electron chi connectivity index (χ2n) is 13.5. The maximum atomic E-state index is 11.5. The number of aliphatic hydroxyl groups excluding tert-OH is 2. The van der Waals surface area contributed by atoms with Gasteiger partial charge in [-0.05, 0) is 72.6 Å². The third-order valence-corrected chi connectivity index (χ3v) is 18.1. The molecule has 38 heavy (non-hydrogen) atoms. The van der Waals surface area contributed by atoms with Gasteiger partial charge in [0.2, 0.25) is 0 Å². The summed E-state index contributed by atoms with van der Waals surface area (Å²) < 4.78 is 13.9. The molecule has 0 aliphatic rings. The summed E-state index contributed by atoms with van der Waals surface area (Å²) in [6, 6.07) is 21.4. The van der Waals surface area contributed by atoms with Crippen molar-refractivity contribution in [3.8, 4) is 0 Å². The number of rotatable bonds is 14. The molecule has 0 spiro atoms. The lowest BCUT2D eigenvalue weighted by molar-refractivity contribution is -0.0630. The van der Waals surface area contributed by atoms with E-state index in [1.807, 2.05) is 0 Å². The van der Waals surface area contributed by atoms with Crippen LogP contribution in [0.5, 0.6) is 0 Å². The largest absolute Gasteiger partial charge is 0.409 e. The van der Waals surface area contributed by atoms with Gasteiger partial charge >= 0.3 is 0 Å². The van der Waals surface area contributed by atoms with E-state index in [-0.39, 0.29) is 16.7 Å². The van der Waals surface area contributed by atoms with Crippen molar-refractivity contribution in [3.63, 3.8) is 0 Å². The molecule has 2 aromatic rings. The van der Waals surface area contributed by atoms with Gasteiger partial charge in [-0.2, -0.15) is 0 Å². The van der Waals surface area contributed by atoms with Crippen LogP contribution < -0.4 is 10.4 Å². The summed E-state index contributed by atoms with van der Waals surface area (Å²) in [4.78, 5) is 0. The minimum absolute atomic E-state index is 0.0529. The Morgan fingerprint density at radius 2 is 1.24 bits per heavy atom. The molecule has 0 aromatic heterocycles. The summed E-state index contributed by atoms with van der Waals surface area (Å²) in [6.45, 7) is 20.9. The molecule has 2 N–H and O–H groups in total. The van der Waals surface area contributed by atoms with E-state index in [9.17, 15) is 10.2 Å². The predicted octanol–water partition coefficient (Wildman–Crippen LogP) is 6.65. The average Bonchev–Trinajstić information content (AvgIpc) is 2.83. The van der Waals surface area contributed by atoms with Crippen molar-refractivity contribution in [1.82, 2.24) is 0 Å². The fourth-order valence-corrected chi connectivity index (χ4v) is 11.5. The van der Waals surface area contributed by atoms with Crippen LogP contribution >= 0.6 is 0 Å². The molecule has 2 rings (SSSR count). The zero-order valence-corrected chi connectivity index (χ0v) is 27.5. The highest BCUT2D eigenvalue weighted by molar-refractivity contribution is 6.99. The van der Waals surface area contributed by atoms with Gasteiger partial charge in [0.25, 0.3) is 8.32 Å². The molecule has 0 aliphatic heterocycles. The van der Waals surface area contributed by atoms with Crippen LogP contribution in [0.25, 0.3) is 0 Å². The first-order valence-corrected chi connectivity index (χ1v) is 19.2. The van der Waals surface area contributed by atoms with Crippen LogP contribution in [0, 0.1) is 0 Å². The van der Waals surface area contributed by atoms with Gasteiger partial charge in [0.1, 0.15) is 0 Å². The molecule has 2 atom stereocenters. The Labute approximate surface area is 235 Å². The fraction of sp³-hybridized carbons (Fsp3) is 0.625. The molecule has 0 radical (unpaired) electrons. The van der Waals surface area contributed by atoms with Gasteiger partial charge in [0.05, 0.1) is 11.7 Å². The van der Waals surface area contributed by atoms with Gasteiger partial charge < -0.3 is 19.1 Å². The Balaban J connectivity index is 2.25. The highest BCUT2D eigenvalue weighted by Gasteiger charge is 2.50. The molecule has 0 amide bonds. The molecule has 0 bridgehead atoms. The molecular formula is C32H54O4Si2. The van der Waals surface area contributed by atoms with Crippen LogP contribution in [0.2, 0.25) is 23.2 Å². The molecule has 0 fully saturated rings. The molecule has 0 saturated carbocycles. The van der Waals surface area contributed by atoms with Gasteiger partial charge in [-0.3, -0.25) is 0 Å². The lowest BCUT2D eigenvalue weighted by Gasteiger charge is -2.46. The monoisotopic (exact) mass is 558 g/mol. The average molecular weight is 559 g/mol. The van der Waals surface area contributed by atoms with Crippen molar-refractivity contribution >= 4 is 27.0 Å². The van der Waals surface area contributed by atoms with Crippen molar-refractivity contribution in [2.75, 3.05) is 13.2 Å². The zero-order valence-electron chi connectivity index (χ0n) is 25.5. The van der Waals surface area contributed by atoms with Crippen molar-refractivity contribution in [2.45, 2.75) is 115 Å². The molecule has 4 nitrogen and oxygen atoms in total. The molecule has 0 saturated heterocycles. The van der Waals surface area contributed by atoms with Crippen LogP contribution in [-0.2, 0) is 8.85 Å². The van der Waals surface area contributed by atoms with Crippen LogP contribution in [-0.4, -0.2) is 51.8 Å². The normalized spacial score (nSPS) is 15.8. The first-order chi connectivity index (χ1) is 17.6. The van der Waals surface area contributed by atoms with Gasteiger partial charge in [0, 0.05) is 13.2 Å². The molecule has 2 aromatic carbocycles. The molecule has 214 valence electrons. The van der Waals surface area contributed by atoms with Crippen molar-refractivity contribution in [2.24, 2.45) is 0 Å². The van der Waals surface area contributed by atoms with Crippen LogP contribution in [0.15, 0.2) is 60.7 Å². The van der Waals surface area contributed by atoms with E-state index < -0.39 is 28.3 Å². The Morgan fingerprint density at radius 3 is 1.66 bits per heavy atom. The van der Waals surface area contributed by atoms with E-state index in [0.29, 0.717) is 13.0 Å². The third kappa shape index (κ3) is 7.89. The standard InChI is InChI=1S/C32H54O4Si2/c1-30(2,3)37(8,9)36-32(7,24-16-17-25-33)29(34)23-18-26-35-38(31(4,5)6,27-19-12-10-13-20-27)28-21-14-11-15-22-28/h10-15,19-22,29,33-34H,16-18,23-26H2,1-9H3/t29-,32+/m1/s1. The van der Waals surface area contributed by atoms with E-state index >= 15 is 0 Å². The van der Waals surface area contributed by atoms with Crippen LogP contribution in [0.4, 0.5) is 0 Å². The van der Waals surface area contributed by atoms with Gasteiger partial charge in [-0.15, -0.1) is 0 Å². The van der Waals surface area contributed by atoms with Crippen LogP contribution in [0.3, 0.4) is 0 Å². The van der Waals surface area contributed by atoms with E-state index in [2.05, 4.69) is 122 Å². The van der Waals surface area contributed by atoms with E-state index in [4.69, 9.17) is 8.85 Å². The summed E-state index contributed by atoms with van der Waals surface area (Å²) in [7, 11) is -4.69. The molecule has 0 unspecified atom stereocenters. The summed E-state index contributed by atoms with van der Waals surface area (Å²) in [5.74, 6) is 0. The Bertz CT molecular complexity index is 911. The van der Waals surface area contributed by atoms with Gasteiger partial charge in [0.15, 0.2) is 8.32 Å². The second-order valence-corrected chi connectivity index (χ2v) is 22.6. The predicted molar refractivity (Wildman–Crippen MR) is 166 cm³/mol. The molecule has 0 aliphatic carbocycles. The molecule has 0 heterocycles. The second kappa shape index (κ2) is 13.4. The van der Waals surface area contributed by atoms with Crippen LogP contribution in [0.1, 0.15) is 80.6 Å².